The van der Waals surface area contributed by atoms with Crippen LogP contribution in [-0.2, 0) is 9.59 Å². The standard InChI is InChI=1S/C13H23NO5/c1-13(2,7-15)10(16)11(17)14-9-5-3-4-8(6-9)12(18)19/h8-10,15-16H,3-7H2,1-2H3,(H,14,17)(H,18,19)/t8-,9+,10+/m0/s1. The van der Waals surface area contributed by atoms with Crippen LogP contribution in [-0.4, -0.2) is 45.9 Å². The quantitative estimate of drug-likeness (QED) is 0.569. The normalized spacial score (nSPS) is 25.7. The summed E-state index contributed by atoms with van der Waals surface area (Å²) in [5.41, 5.74) is -0.912. The first-order valence-electron chi connectivity index (χ1n) is 6.60. The van der Waals surface area contributed by atoms with Crippen LogP contribution in [0.2, 0.25) is 0 Å². The van der Waals surface area contributed by atoms with E-state index in [1.807, 2.05) is 0 Å². The van der Waals surface area contributed by atoms with E-state index in [1.54, 1.807) is 13.8 Å². The van der Waals surface area contributed by atoms with E-state index in [9.17, 15) is 14.7 Å². The van der Waals surface area contributed by atoms with Gasteiger partial charge in [-0.1, -0.05) is 20.3 Å². The van der Waals surface area contributed by atoms with Crippen molar-refractivity contribution in [2.45, 2.75) is 51.7 Å². The summed E-state index contributed by atoms with van der Waals surface area (Å²) in [6, 6.07) is -0.216. The minimum atomic E-state index is -1.30. The van der Waals surface area contributed by atoms with E-state index in [1.165, 1.54) is 0 Å². The Morgan fingerprint density at radius 2 is 2.00 bits per heavy atom. The lowest BCUT2D eigenvalue weighted by Crippen LogP contribution is -2.50. The summed E-state index contributed by atoms with van der Waals surface area (Å²) in [5.74, 6) is -1.81. The summed E-state index contributed by atoms with van der Waals surface area (Å²) >= 11 is 0. The summed E-state index contributed by atoms with van der Waals surface area (Å²) in [4.78, 5) is 22.8. The molecule has 1 aliphatic rings. The number of aliphatic carboxylic acids is 1. The van der Waals surface area contributed by atoms with Crippen molar-refractivity contribution < 1.29 is 24.9 Å². The summed E-state index contributed by atoms with van der Waals surface area (Å²) in [5, 5.41) is 30.6. The number of carboxylic acid groups (broad SMARTS) is 1. The van der Waals surface area contributed by atoms with Gasteiger partial charge in [-0.05, 0) is 19.3 Å². The largest absolute Gasteiger partial charge is 0.481 e. The molecule has 110 valence electrons. The molecule has 6 nitrogen and oxygen atoms in total. The lowest BCUT2D eigenvalue weighted by Gasteiger charge is -2.31. The van der Waals surface area contributed by atoms with Gasteiger partial charge in [-0.25, -0.2) is 0 Å². The molecule has 1 fully saturated rings. The molecule has 0 saturated heterocycles. The molecule has 1 rings (SSSR count). The summed E-state index contributed by atoms with van der Waals surface area (Å²) in [6.07, 6.45) is 1.20. The first-order chi connectivity index (χ1) is 8.77. The van der Waals surface area contributed by atoms with Crippen LogP contribution in [0.5, 0.6) is 0 Å². The topological polar surface area (TPSA) is 107 Å². The second kappa shape index (κ2) is 6.34. The fourth-order valence-electron chi connectivity index (χ4n) is 2.27. The summed E-state index contributed by atoms with van der Waals surface area (Å²) in [6.45, 7) is 2.89. The molecule has 6 heteroatoms. The molecule has 0 aromatic heterocycles. The third kappa shape index (κ3) is 4.18. The van der Waals surface area contributed by atoms with Crippen LogP contribution in [0.1, 0.15) is 39.5 Å². The number of hydrogen-bond donors (Lipinski definition) is 4. The molecule has 0 spiro atoms. The Morgan fingerprint density at radius 1 is 1.37 bits per heavy atom. The van der Waals surface area contributed by atoms with Crippen LogP contribution >= 0.6 is 0 Å². The first-order valence-corrected chi connectivity index (χ1v) is 6.60. The van der Waals surface area contributed by atoms with Crippen molar-refractivity contribution >= 4 is 11.9 Å². The van der Waals surface area contributed by atoms with Gasteiger partial charge < -0.3 is 20.6 Å². The van der Waals surface area contributed by atoms with Crippen molar-refractivity contribution in [3.8, 4) is 0 Å². The lowest BCUT2D eigenvalue weighted by atomic mass is 9.84. The minimum Gasteiger partial charge on any atom is -0.481 e. The number of amides is 1. The van der Waals surface area contributed by atoms with Gasteiger partial charge in [0.2, 0.25) is 5.91 Å². The predicted octanol–water partition coefficient (Wildman–Crippen LogP) is 0.125. The highest BCUT2D eigenvalue weighted by molar-refractivity contribution is 5.81. The molecule has 0 heterocycles. The molecule has 19 heavy (non-hydrogen) atoms. The maximum Gasteiger partial charge on any atom is 0.306 e. The number of aliphatic hydroxyl groups is 2. The molecule has 0 aromatic carbocycles. The average Bonchev–Trinajstić information content (AvgIpc) is 2.38. The first kappa shape index (κ1) is 15.9. The summed E-state index contributed by atoms with van der Waals surface area (Å²) < 4.78 is 0. The van der Waals surface area contributed by atoms with Gasteiger partial charge in [0, 0.05) is 11.5 Å². The number of nitrogens with one attached hydrogen (secondary N) is 1. The fraction of sp³-hybridized carbons (Fsp3) is 0.846. The van der Waals surface area contributed by atoms with Crippen LogP contribution in [0.3, 0.4) is 0 Å². The lowest BCUT2D eigenvalue weighted by molar-refractivity contribution is -0.144. The Bertz CT molecular complexity index is 342. The highest BCUT2D eigenvalue weighted by Gasteiger charge is 2.35. The molecule has 0 radical (unpaired) electrons. The van der Waals surface area contributed by atoms with Crippen LogP contribution < -0.4 is 5.32 Å². The zero-order valence-corrected chi connectivity index (χ0v) is 11.4. The molecule has 1 aliphatic carbocycles. The van der Waals surface area contributed by atoms with Gasteiger partial charge in [-0.15, -0.1) is 0 Å². The number of hydrogen-bond acceptors (Lipinski definition) is 4. The molecule has 3 atom stereocenters. The van der Waals surface area contributed by atoms with Crippen LogP contribution in [0.25, 0.3) is 0 Å². The zero-order valence-electron chi connectivity index (χ0n) is 11.4. The van der Waals surface area contributed by atoms with E-state index < -0.39 is 29.3 Å². The van der Waals surface area contributed by atoms with Gasteiger partial charge in [-0.2, -0.15) is 0 Å². The van der Waals surface area contributed by atoms with Crippen LogP contribution in [0.15, 0.2) is 0 Å². The second-order valence-electron chi connectivity index (χ2n) is 5.96. The van der Waals surface area contributed by atoms with E-state index in [4.69, 9.17) is 10.2 Å². The molecule has 1 amide bonds. The molecular formula is C13H23NO5. The zero-order chi connectivity index (χ0) is 14.6. The van der Waals surface area contributed by atoms with Crippen molar-refractivity contribution in [3.05, 3.63) is 0 Å². The predicted molar refractivity (Wildman–Crippen MR) is 68.4 cm³/mol. The Balaban J connectivity index is 2.55. The smallest absolute Gasteiger partial charge is 0.306 e. The molecule has 1 saturated carbocycles. The van der Waals surface area contributed by atoms with Crippen LogP contribution in [0.4, 0.5) is 0 Å². The van der Waals surface area contributed by atoms with E-state index in [0.29, 0.717) is 12.8 Å². The number of aliphatic hydroxyl groups excluding tert-OH is 2. The molecule has 0 aliphatic heterocycles. The average molecular weight is 273 g/mol. The van der Waals surface area contributed by atoms with Gasteiger partial charge in [-0.3, -0.25) is 9.59 Å². The van der Waals surface area contributed by atoms with Crippen molar-refractivity contribution in [2.75, 3.05) is 6.61 Å². The van der Waals surface area contributed by atoms with E-state index >= 15 is 0 Å². The number of rotatable bonds is 5. The Morgan fingerprint density at radius 3 is 2.53 bits per heavy atom. The van der Waals surface area contributed by atoms with Gasteiger partial charge in [0.25, 0.3) is 0 Å². The maximum atomic E-state index is 11.9. The van der Waals surface area contributed by atoms with Gasteiger partial charge >= 0.3 is 5.97 Å². The maximum absolute atomic E-state index is 11.9. The number of carbonyl (C=O) groups excluding carboxylic acids is 1. The monoisotopic (exact) mass is 273 g/mol. The Hall–Kier alpha value is -1.14. The van der Waals surface area contributed by atoms with E-state index in [2.05, 4.69) is 5.32 Å². The highest BCUT2D eigenvalue weighted by atomic mass is 16.4. The Kier molecular flexibility index (Phi) is 5.31. The molecule has 4 N–H and O–H groups in total. The van der Waals surface area contributed by atoms with Gasteiger partial charge in [0.05, 0.1) is 12.5 Å². The van der Waals surface area contributed by atoms with Crippen LogP contribution in [0, 0.1) is 11.3 Å². The van der Waals surface area contributed by atoms with Crippen molar-refractivity contribution in [3.63, 3.8) is 0 Å². The van der Waals surface area contributed by atoms with Gasteiger partial charge in [0.1, 0.15) is 6.10 Å². The third-order valence-corrected chi connectivity index (χ3v) is 3.77. The van der Waals surface area contributed by atoms with E-state index in [0.717, 1.165) is 12.8 Å². The van der Waals surface area contributed by atoms with Crippen molar-refractivity contribution in [1.82, 2.24) is 5.32 Å². The molecule has 0 unspecified atom stereocenters. The number of carbonyl (C=O) groups is 2. The minimum absolute atomic E-state index is 0.216. The van der Waals surface area contributed by atoms with E-state index in [-0.39, 0.29) is 12.6 Å². The molecular weight excluding hydrogens is 250 g/mol. The molecule has 0 bridgehead atoms. The molecule has 0 aromatic rings. The van der Waals surface area contributed by atoms with Crippen molar-refractivity contribution in [2.24, 2.45) is 11.3 Å². The van der Waals surface area contributed by atoms with Gasteiger partial charge in [0.15, 0.2) is 0 Å². The Labute approximate surface area is 112 Å². The second-order valence-corrected chi connectivity index (χ2v) is 5.96. The highest BCUT2D eigenvalue weighted by Crippen LogP contribution is 2.25. The van der Waals surface area contributed by atoms with Crippen molar-refractivity contribution in [1.29, 1.82) is 0 Å². The fourth-order valence-corrected chi connectivity index (χ4v) is 2.27. The SMILES string of the molecule is CC(C)(CO)[C@H](O)C(=O)N[C@@H]1CCC[C@H](C(=O)O)C1. The summed E-state index contributed by atoms with van der Waals surface area (Å²) in [7, 11) is 0. The number of carboxylic acids is 1. The third-order valence-electron chi connectivity index (χ3n) is 3.77.